The van der Waals surface area contributed by atoms with Gasteiger partial charge in [0.1, 0.15) is 12.2 Å². The van der Waals surface area contributed by atoms with Crippen molar-refractivity contribution in [1.82, 2.24) is 14.9 Å². The molecule has 6 heteroatoms. The number of ketones is 1. The van der Waals surface area contributed by atoms with Crippen molar-refractivity contribution in [3.8, 4) is 17.1 Å². The van der Waals surface area contributed by atoms with Gasteiger partial charge in [0.05, 0.1) is 17.6 Å². The van der Waals surface area contributed by atoms with Crippen molar-refractivity contribution in [2.75, 3.05) is 21.2 Å². The van der Waals surface area contributed by atoms with E-state index in [0.29, 0.717) is 12.0 Å². The molecule has 158 valence electrons. The van der Waals surface area contributed by atoms with E-state index in [4.69, 9.17) is 9.47 Å². The fraction of sp³-hybridized carbons (Fsp3) is 0.652. The van der Waals surface area contributed by atoms with Crippen LogP contribution in [0.25, 0.3) is 11.3 Å². The van der Waals surface area contributed by atoms with Gasteiger partial charge in [0, 0.05) is 13.2 Å². The maximum atomic E-state index is 11.9. The van der Waals surface area contributed by atoms with E-state index < -0.39 is 0 Å². The number of H-pyrrole nitrogens is 1. The average Bonchev–Trinajstić information content (AvgIpc) is 3.26. The number of nitrogens with one attached hydrogen (secondary N) is 1. The zero-order valence-electron chi connectivity index (χ0n) is 18.0. The minimum atomic E-state index is -0.345. The molecule has 4 rings (SSSR count). The molecule has 0 aromatic heterocycles. The van der Waals surface area contributed by atoms with Gasteiger partial charge in [-0.3, -0.25) is 4.79 Å². The summed E-state index contributed by atoms with van der Waals surface area (Å²) in [5.41, 5.74) is 4.86. The molecule has 4 aliphatic rings. The Morgan fingerprint density at radius 2 is 2.03 bits per heavy atom. The highest BCUT2D eigenvalue weighted by Crippen LogP contribution is 2.48. The highest BCUT2D eigenvalue weighted by molar-refractivity contribution is 5.81. The number of ether oxygens (including phenoxy) is 2. The first-order chi connectivity index (χ1) is 14.0. The standard InChI is InChI=1S/C23H33N3O3/c1-14(27)20(28-4)12-16-6-5-15-11-19-22(21(15)16)23(25-13-24-19)29-18-9-7-17(8-10-18)26(2)3/h11,13,16-18,20H,5-10,12H2,1-4H3,(H,24,25)/t16-,17?,18?,20-/m1/s1. The number of rotatable bonds is 7. The second kappa shape index (κ2) is 8.44. The molecular formula is C23H33N3O3. The number of carbonyl (C=O) groups is 1. The number of Topliss-reactive ketones (excluding diaryl/α,β-unsaturated/α-hetero) is 1. The van der Waals surface area contributed by atoms with Crippen molar-refractivity contribution in [2.45, 2.75) is 76.0 Å². The van der Waals surface area contributed by atoms with E-state index in [1.54, 1.807) is 20.4 Å². The first kappa shape index (κ1) is 20.4. The lowest BCUT2D eigenvalue weighted by Gasteiger charge is -2.32. The van der Waals surface area contributed by atoms with Crippen molar-refractivity contribution < 1.29 is 14.3 Å². The maximum absolute atomic E-state index is 11.9. The maximum Gasteiger partial charge on any atom is 0.224 e. The second-order valence-electron chi connectivity index (χ2n) is 8.90. The molecule has 29 heavy (non-hydrogen) atoms. The van der Waals surface area contributed by atoms with Gasteiger partial charge in [0.15, 0.2) is 5.78 Å². The zero-order valence-corrected chi connectivity index (χ0v) is 18.0. The molecule has 2 atom stereocenters. The van der Waals surface area contributed by atoms with Crippen LogP contribution in [0.15, 0.2) is 12.4 Å². The van der Waals surface area contributed by atoms with Crippen LogP contribution in [0.2, 0.25) is 0 Å². The summed E-state index contributed by atoms with van der Waals surface area (Å²) < 4.78 is 11.9. The fourth-order valence-electron chi connectivity index (χ4n) is 5.20. The summed E-state index contributed by atoms with van der Waals surface area (Å²) in [7, 11) is 5.94. The summed E-state index contributed by atoms with van der Waals surface area (Å²) in [5, 5.41) is 0. The molecule has 1 N–H and O–H groups in total. The van der Waals surface area contributed by atoms with E-state index in [9.17, 15) is 4.79 Å². The smallest absolute Gasteiger partial charge is 0.224 e. The molecule has 0 saturated heterocycles. The third-order valence-corrected chi connectivity index (χ3v) is 6.88. The summed E-state index contributed by atoms with van der Waals surface area (Å²) in [6.45, 7) is 1.61. The highest BCUT2D eigenvalue weighted by atomic mass is 16.5. The van der Waals surface area contributed by atoms with Crippen LogP contribution in [0.4, 0.5) is 0 Å². The molecular weight excluding hydrogens is 366 g/mol. The first-order valence-electron chi connectivity index (χ1n) is 10.8. The van der Waals surface area contributed by atoms with E-state index in [1.165, 1.54) is 11.1 Å². The number of hydrogen-bond acceptors (Lipinski definition) is 5. The van der Waals surface area contributed by atoms with Crippen LogP contribution in [0.5, 0.6) is 5.88 Å². The summed E-state index contributed by atoms with van der Waals surface area (Å²) in [6, 6.07) is 2.88. The number of methoxy groups -OCH3 is 1. The lowest BCUT2D eigenvalue weighted by Crippen LogP contribution is -2.35. The highest BCUT2D eigenvalue weighted by Gasteiger charge is 2.35. The Bertz CT molecular complexity index is 823. The monoisotopic (exact) mass is 399 g/mol. The van der Waals surface area contributed by atoms with Crippen LogP contribution in [0.1, 0.15) is 62.5 Å². The number of carbonyl (C=O) groups excluding carboxylic acids is 1. The fourth-order valence-corrected chi connectivity index (χ4v) is 5.20. The van der Waals surface area contributed by atoms with Crippen LogP contribution in [-0.2, 0) is 16.0 Å². The summed E-state index contributed by atoms with van der Waals surface area (Å²) in [6.07, 6.45) is 8.87. The van der Waals surface area contributed by atoms with E-state index >= 15 is 0 Å². The first-order valence-corrected chi connectivity index (χ1v) is 10.8. The molecule has 1 aliphatic heterocycles. The van der Waals surface area contributed by atoms with Crippen molar-refractivity contribution in [3.05, 3.63) is 23.5 Å². The van der Waals surface area contributed by atoms with Crippen molar-refractivity contribution >= 4 is 5.78 Å². The van der Waals surface area contributed by atoms with Crippen LogP contribution >= 0.6 is 0 Å². The topological polar surface area (TPSA) is 67.5 Å². The van der Waals surface area contributed by atoms with Crippen molar-refractivity contribution in [2.24, 2.45) is 0 Å². The Balaban J connectivity index is 1.57. The molecule has 0 aromatic rings. The largest absolute Gasteiger partial charge is 0.474 e. The van der Waals surface area contributed by atoms with Crippen molar-refractivity contribution in [3.63, 3.8) is 0 Å². The molecule has 6 nitrogen and oxygen atoms in total. The second-order valence-corrected chi connectivity index (χ2v) is 8.90. The molecule has 1 saturated carbocycles. The minimum absolute atomic E-state index is 0.0932. The van der Waals surface area contributed by atoms with Gasteiger partial charge in [-0.1, -0.05) is 0 Å². The Labute approximate surface area is 173 Å². The van der Waals surface area contributed by atoms with E-state index in [-0.39, 0.29) is 18.0 Å². The van der Waals surface area contributed by atoms with E-state index in [2.05, 4.69) is 35.0 Å². The Morgan fingerprint density at radius 1 is 1.28 bits per heavy atom. The molecule has 0 spiro atoms. The Kier molecular flexibility index (Phi) is 5.93. The van der Waals surface area contributed by atoms with Gasteiger partial charge in [-0.2, -0.15) is 0 Å². The summed E-state index contributed by atoms with van der Waals surface area (Å²) in [5.74, 6) is 1.15. The lowest BCUT2D eigenvalue weighted by molar-refractivity contribution is -0.127. The Hall–Kier alpha value is -1.92. The quantitative estimate of drug-likeness (QED) is 0.767. The lowest BCUT2D eigenvalue weighted by atomic mass is 9.91. The minimum Gasteiger partial charge on any atom is -0.474 e. The van der Waals surface area contributed by atoms with Gasteiger partial charge in [0.2, 0.25) is 5.88 Å². The Morgan fingerprint density at radius 3 is 2.69 bits per heavy atom. The molecule has 0 aromatic carbocycles. The number of hydrogen-bond donors (Lipinski definition) is 1. The number of aromatic nitrogens is 2. The molecule has 0 bridgehead atoms. The van der Waals surface area contributed by atoms with E-state index in [1.807, 2.05) is 0 Å². The predicted octanol–water partition coefficient (Wildman–Crippen LogP) is 3.79. The number of aryl methyl sites for hydroxylation is 1. The molecule has 1 heterocycles. The van der Waals surface area contributed by atoms with Gasteiger partial charge in [0.25, 0.3) is 0 Å². The van der Waals surface area contributed by atoms with Gasteiger partial charge >= 0.3 is 0 Å². The van der Waals surface area contributed by atoms with Gasteiger partial charge < -0.3 is 19.4 Å². The van der Waals surface area contributed by atoms with Crippen molar-refractivity contribution in [1.29, 1.82) is 0 Å². The predicted molar refractivity (Wildman–Crippen MR) is 113 cm³/mol. The third-order valence-electron chi connectivity index (χ3n) is 6.88. The normalized spacial score (nSPS) is 25.3. The van der Waals surface area contributed by atoms with Gasteiger partial charge in [-0.05, 0) is 89.1 Å². The molecule has 0 amide bonds. The molecule has 0 radical (unpaired) electrons. The van der Waals surface area contributed by atoms with Gasteiger partial charge in [-0.25, -0.2) is 4.98 Å². The van der Waals surface area contributed by atoms with Gasteiger partial charge in [-0.15, -0.1) is 0 Å². The number of nitrogens with zero attached hydrogens (tertiary/aromatic N) is 2. The molecule has 3 aliphatic carbocycles. The van der Waals surface area contributed by atoms with E-state index in [0.717, 1.165) is 62.1 Å². The van der Waals surface area contributed by atoms with Crippen LogP contribution in [0, 0.1) is 0 Å². The molecule has 0 unspecified atom stereocenters. The third kappa shape index (κ3) is 4.05. The van der Waals surface area contributed by atoms with Crippen LogP contribution < -0.4 is 4.74 Å². The summed E-state index contributed by atoms with van der Waals surface area (Å²) in [4.78, 5) is 22.1. The molecule has 1 fully saturated rings. The number of aromatic amines is 1. The SMILES string of the molecule is CO[C@H](C[C@H]1CCc2cc3[nH]cnc(OC4CCC(N(C)C)CC4)c-3c21)C(C)=O. The number of fused-ring (bicyclic) bond motifs is 3. The van der Waals surface area contributed by atoms with Crippen LogP contribution in [-0.4, -0.2) is 60.1 Å². The average molecular weight is 400 g/mol. The summed E-state index contributed by atoms with van der Waals surface area (Å²) >= 11 is 0. The van der Waals surface area contributed by atoms with Crippen LogP contribution in [0.3, 0.4) is 0 Å². The zero-order chi connectivity index (χ0) is 20.5.